The standard InChI is InChI=1S/C16H20FNO/c17-14-4-1-3-12-6-9-18(11-13(12)14)15-5-8-16(15)7-2-10-19-16/h1,3-4,15H,2,5-11H2/t15?,16-/m1/s1. The third kappa shape index (κ3) is 1.75. The second kappa shape index (κ2) is 4.29. The fraction of sp³-hybridized carbons (Fsp3) is 0.625. The smallest absolute Gasteiger partial charge is 0.127 e. The van der Waals surface area contributed by atoms with Gasteiger partial charge in [-0.3, -0.25) is 4.90 Å². The fourth-order valence-electron chi connectivity index (χ4n) is 4.12. The minimum absolute atomic E-state index is 0.0390. The normalized spacial score (nSPS) is 34.3. The molecular formula is C16H20FNO. The van der Waals surface area contributed by atoms with E-state index in [-0.39, 0.29) is 11.4 Å². The average molecular weight is 261 g/mol. The lowest BCUT2D eigenvalue weighted by molar-refractivity contribution is -0.132. The molecule has 2 aliphatic heterocycles. The molecular weight excluding hydrogens is 241 g/mol. The highest BCUT2D eigenvalue weighted by atomic mass is 19.1. The molecule has 1 saturated heterocycles. The Labute approximate surface area is 113 Å². The van der Waals surface area contributed by atoms with Crippen LogP contribution in [0.1, 0.15) is 36.8 Å². The van der Waals surface area contributed by atoms with E-state index in [4.69, 9.17) is 4.74 Å². The molecule has 0 radical (unpaired) electrons. The van der Waals surface area contributed by atoms with E-state index in [0.717, 1.165) is 31.7 Å². The zero-order chi connectivity index (χ0) is 12.9. The van der Waals surface area contributed by atoms with Crippen LogP contribution in [-0.4, -0.2) is 29.7 Å². The van der Waals surface area contributed by atoms with Gasteiger partial charge in [-0.1, -0.05) is 12.1 Å². The Morgan fingerprint density at radius 3 is 3.00 bits per heavy atom. The number of rotatable bonds is 1. The number of benzene rings is 1. The summed E-state index contributed by atoms with van der Waals surface area (Å²) in [5, 5.41) is 0. The lowest BCUT2D eigenvalue weighted by Crippen LogP contribution is -2.60. The van der Waals surface area contributed by atoms with Crippen LogP contribution in [-0.2, 0) is 17.7 Å². The first-order valence-corrected chi connectivity index (χ1v) is 7.43. The number of hydrogen-bond donors (Lipinski definition) is 0. The topological polar surface area (TPSA) is 12.5 Å². The van der Waals surface area contributed by atoms with Crippen molar-refractivity contribution in [3.8, 4) is 0 Å². The second-order valence-corrected chi connectivity index (χ2v) is 6.17. The van der Waals surface area contributed by atoms with Crippen LogP contribution >= 0.6 is 0 Å². The Hall–Kier alpha value is -0.930. The van der Waals surface area contributed by atoms with E-state index < -0.39 is 0 Å². The number of halogens is 1. The van der Waals surface area contributed by atoms with Crippen molar-refractivity contribution in [1.82, 2.24) is 4.90 Å². The van der Waals surface area contributed by atoms with Gasteiger partial charge in [0.1, 0.15) is 5.82 Å². The molecule has 102 valence electrons. The first-order valence-electron chi connectivity index (χ1n) is 7.43. The molecule has 0 amide bonds. The molecule has 3 aliphatic rings. The third-order valence-electron chi connectivity index (χ3n) is 5.27. The Balaban J connectivity index is 1.57. The van der Waals surface area contributed by atoms with E-state index in [2.05, 4.69) is 11.0 Å². The van der Waals surface area contributed by atoms with Crippen LogP contribution in [0, 0.1) is 5.82 Å². The highest BCUT2D eigenvalue weighted by Crippen LogP contribution is 2.47. The summed E-state index contributed by atoms with van der Waals surface area (Å²) in [6.07, 6.45) is 5.76. The minimum atomic E-state index is -0.0390. The molecule has 2 nitrogen and oxygen atoms in total. The van der Waals surface area contributed by atoms with E-state index in [0.29, 0.717) is 6.04 Å². The van der Waals surface area contributed by atoms with Crippen molar-refractivity contribution in [2.24, 2.45) is 0 Å². The molecule has 2 fully saturated rings. The van der Waals surface area contributed by atoms with Crippen molar-refractivity contribution in [3.63, 3.8) is 0 Å². The summed E-state index contributed by atoms with van der Waals surface area (Å²) in [5.74, 6) is -0.0390. The molecule has 2 heterocycles. The molecule has 0 aromatic heterocycles. The van der Waals surface area contributed by atoms with Gasteiger partial charge in [0.15, 0.2) is 0 Å². The predicted octanol–water partition coefficient (Wildman–Crippen LogP) is 2.90. The van der Waals surface area contributed by atoms with Crippen LogP contribution in [0.25, 0.3) is 0 Å². The third-order valence-corrected chi connectivity index (χ3v) is 5.27. The molecule has 1 saturated carbocycles. The zero-order valence-corrected chi connectivity index (χ0v) is 11.2. The first kappa shape index (κ1) is 11.9. The number of ether oxygens (including phenoxy) is 1. The Kier molecular flexibility index (Phi) is 2.68. The van der Waals surface area contributed by atoms with Crippen molar-refractivity contribution in [2.75, 3.05) is 13.2 Å². The summed E-state index contributed by atoms with van der Waals surface area (Å²) < 4.78 is 20.0. The van der Waals surface area contributed by atoms with E-state index >= 15 is 0 Å². The molecule has 19 heavy (non-hydrogen) atoms. The SMILES string of the molecule is Fc1cccc2c1CN(C1CC[C@]13CCCO3)CC2. The summed E-state index contributed by atoms with van der Waals surface area (Å²) in [7, 11) is 0. The van der Waals surface area contributed by atoms with Gasteiger partial charge >= 0.3 is 0 Å². The van der Waals surface area contributed by atoms with Crippen molar-refractivity contribution in [2.45, 2.75) is 50.3 Å². The van der Waals surface area contributed by atoms with E-state index in [1.807, 2.05) is 6.07 Å². The van der Waals surface area contributed by atoms with Crippen LogP contribution < -0.4 is 0 Å². The van der Waals surface area contributed by atoms with Crippen LogP contribution in [0.3, 0.4) is 0 Å². The van der Waals surface area contributed by atoms with Gasteiger partial charge in [-0.05, 0) is 43.7 Å². The zero-order valence-electron chi connectivity index (χ0n) is 11.2. The quantitative estimate of drug-likeness (QED) is 0.770. The maximum Gasteiger partial charge on any atom is 0.127 e. The summed E-state index contributed by atoms with van der Waals surface area (Å²) in [5.41, 5.74) is 2.22. The first-order chi connectivity index (χ1) is 9.28. The Morgan fingerprint density at radius 2 is 2.26 bits per heavy atom. The molecule has 3 heteroatoms. The van der Waals surface area contributed by atoms with Crippen LogP contribution in [0.5, 0.6) is 0 Å². The van der Waals surface area contributed by atoms with Crippen molar-refractivity contribution < 1.29 is 9.13 Å². The van der Waals surface area contributed by atoms with E-state index in [1.54, 1.807) is 6.07 Å². The molecule has 1 aromatic carbocycles. The molecule has 1 aromatic rings. The van der Waals surface area contributed by atoms with Crippen LogP contribution in [0.4, 0.5) is 4.39 Å². The monoisotopic (exact) mass is 261 g/mol. The number of fused-ring (bicyclic) bond motifs is 1. The van der Waals surface area contributed by atoms with Crippen LogP contribution in [0.15, 0.2) is 18.2 Å². The molecule has 0 bridgehead atoms. The highest BCUT2D eigenvalue weighted by molar-refractivity contribution is 5.31. The lowest BCUT2D eigenvalue weighted by Gasteiger charge is -2.52. The average Bonchev–Trinajstić information content (AvgIpc) is 2.90. The molecule has 1 unspecified atom stereocenters. The Morgan fingerprint density at radius 1 is 1.32 bits per heavy atom. The molecule has 1 aliphatic carbocycles. The predicted molar refractivity (Wildman–Crippen MR) is 71.5 cm³/mol. The van der Waals surface area contributed by atoms with Gasteiger partial charge in [0.25, 0.3) is 0 Å². The second-order valence-electron chi connectivity index (χ2n) is 6.17. The Bertz CT molecular complexity index is 496. The summed E-state index contributed by atoms with van der Waals surface area (Å²) in [4.78, 5) is 2.46. The maximum atomic E-state index is 13.9. The summed E-state index contributed by atoms with van der Waals surface area (Å²) in [6.45, 7) is 2.72. The van der Waals surface area contributed by atoms with Crippen molar-refractivity contribution in [1.29, 1.82) is 0 Å². The lowest BCUT2D eigenvalue weighted by atomic mass is 9.71. The molecule has 0 N–H and O–H groups in total. The van der Waals surface area contributed by atoms with E-state index in [9.17, 15) is 4.39 Å². The van der Waals surface area contributed by atoms with Crippen molar-refractivity contribution in [3.05, 3.63) is 35.1 Å². The van der Waals surface area contributed by atoms with Gasteiger partial charge in [0, 0.05) is 31.3 Å². The summed E-state index contributed by atoms with van der Waals surface area (Å²) in [6, 6.07) is 6.00. The number of hydrogen-bond acceptors (Lipinski definition) is 2. The fourth-order valence-corrected chi connectivity index (χ4v) is 4.12. The summed E-state index contributed by atoms with van der Waals surface area (Å²) >= 11 is 0. The van der Waals surface area contributed by atoms with Gasteiger partial charge in [0.05, 0.1) is 5.60 Å². The molecule has 4 rings (SSSR count). The van der Waals surface area contributed by atoms with Gasteiger partial charge in [0.2, 0.25) is 0 Å². The molecule has 1 spiro atoms. The van der Waals surface area contributed by atoms with Gasteiger partial charge < -0.3 is 4.74 Å². The highest BCUT2D eigenvalue weighted by Gasteiger charge is 2.52. The minimum Gasteiger partial charge on any atom is -0.373 e. The molecule has 2 atom stereocenters. The van der Waals surface area contributed by atoms with Crippen LogP contribution in [0.2, 0.25) is 0 Å². The largest absolute Gasteiger partial charge is 0.373 e. The van der Waals surface area contributed by atoms with Gasteiger partial charge in [-0.2, -0.15) is 0 Å². The van der Waals surface area contributed by atoms with Gasteiger partial charge in [-0.25, -0.2) is 4.39 Å². The van der Waals surface area contributed by atoms with E-state index in [1.165, 1.54) is 31.2 Å². The maximum absolute atomic E-state index is 13.9. The number of nitrogens with zero attached hydrogens (tertiary/aromatic N) is 1. The van der Waals surface area contributed by atoms with Crippen molar-refractivity contribution >= 4 is 0 Å². The van der Waals surface area contributed by atoms with Gasteiger partial charge in [-0.15, -0.1) is 0 Å².